The molecule has 0 aliphatic carbocycles. The Bertz CT molecular complexity index is 421. The van der Waals surface area contributed by atoms with E-state index in [9.17, 15) is 13.6 Å². The molecule has 0 heterocycles. The molecule has 82 valence electrons. The van der Waals surface area contributed by atoms with Gasteiger partial charge < -0.3 is 10.8 Å². The molecule has 0 aromatic heterocycles. The van der Waals surface area contributed by atoms with Crippen molar-refractivity contribution in [1.82, 2.24) is 0 Å². The Balaban J connectivity index is 3.38. The lowest BCUT2D eigenvalue weighted by molar-refractivity contribution is -0.143. The van der Waals surface area contributed by atoms with Gasteiger partial charge in [-0.2, -0.15) is 0 Å². The minimum absolute atomic E-state index is 0.0307. The molecule has 1 atom stereocenters. The van der Waals surface area contributed by atoms with Crippen molar-refractivity contribution in [1.29, 1.82) is 0 Å². The van der Waals surface area contributed by atoms with Gasteiger partial charge in [-0.15, -0.1) is 0 Å². The average Bonchev–Trinajstić information content (AvgIpc) is 2.10. The summed E-state index contributed by atoms with van der Waals surface area (Å²) in [4.78, 5) is 10.8. The van der Waals surface area contributed by atoms with Crippen LogP contribution in [0.4, 0.5) is 8.78 Å². The van der Waals surface area contributed by atoms with Crippen LogP contribution in [0.25, 0.3) is 0 Å². The van der Waals surface area contributed by atoms with Gasteiger partial charge >= 0.3 is 5.97 Å². The zero-order chi connectivity index (χ0) is 11.8. The van der Waals surface area contributed by atoms with Gasteiger partial charge in [-0.3, -0.25) is 0 Å². The Labute approximate surface area is 93.0 Å². The first kappa shape index (κ1) is 12.1. The van der Waals surface area contributed by atoms with E-state index in [0.717, 1.165) is 13.0 Å². The minimum Gasteiger partial charge on any atom is -0.480 e. The summed E-state index contributed by atoms with van der Waals surface area (Å²) in [5.41, 5.74) is 3.25. The lowest BCUT2D eigenvalue weighted by Gasteiger charge is -2.20. The molecule has 0 spiro atoms. The van der Waals surface area contributed by atoms with Crippen LogP contribution in [0.5, 0.6) is 0 Å². The van der Waals surface area contributed by atoms with Crippen LogP contribution in [0, 0.1) is 11.6 Å². The molecule has 0 fully saturated rings. The van der Waals surface area contributed by atoms with Crippen LogP contribution in [0.2, 0.25) is 0 Å². The van der Waals surface area contributed by atoms with Gasteiger partial charge in [0, 0.05) is 11.6 Å². The fourth-order valence-corrected chi connectivity index (χ4v) is 1.38. The molecule has 0 aliphatic rings. The Kier molecular flexibility index (Phi) is 3.11. The van der Waals surface area contributed by atoms with Crippen molar-refractivity contribution >= 4 is 21.9 Å². The number of halogens is 3. The number of rotatable bonds is 2. The lowest BCUT2D eigenvalue weighted by atomic mass is 9.93. The average molecular weight is 280 g/mol. The van der Waals surface area contributed by atoms with Crippen molar-refractivity contribution in [2.75, 3.05) is 0 Å². The molecule has 0 saturated heterocycles. The van der Waals surface area contributed by atoms with Gasteiger partial charge in [0.05, 0.1) is 4.47 Å². The zero-order valence-electron chi connectivity index (χ0n) is 7.72. The predicted octanol–water partition coefficient (Wildman–Crippen LogP) is 1.99. The van der Waals surface area contributed by atoms with Crippen LogP contribution in [0.3, 0.4) is 0 Å². The smallest absolute Gasteiger partial charge is 0.328 e. The number of hydrogen-bond acceptors (Lipinski definition) is 2. The molecule has 0 amide bonds. The van der Waals surface area contributed by atoms with Gasteiger partial charge in [0.2, 0.25) is 0 Å². The van der Waals surface area contributed by atoms with E-state index in [2.05, 4.69) is 15.9 Å². The summed E-state index contributed by atoms with van der Waals surface area (Å²) in [6.07, 6.45) is 0. The standard InChI is InChI=1S/C9H8BrF2NO2/c1-9(13,8(14)15)4-2-5(10)7(12)3-6(4)11/h2-3H,13H2,1H3,(H,14,15)/t9-/m1/s1. The number of aliphatic carboxylic acids is 1. The van der Waals surface area contributed by atoms with E-state index in [1.807, 2.05) is 0 Å². The zero-order valence-corrected chi connectivity index (χ0v) is 9.31. The molecule has 1 aromatic rings. The molecular weight excluding hydrogens is 272 g/mol. The van der Waals surface area contributed by atoms with Gasteiger partial charge in [-0.05, 0) is 28.9 Å². The largest absolute Gasteiger partial charge is 0.480 e. The Hall–Kier alpha value is -1.01. The summed E-state index contributed by atoms with van der Waals surface area (Å²) >= 11 is 2.83. The van der Waals surface area contributed by atoms with Gasteiger partial charge in [0.15, 0.2) is 0 Å². The summed E-state index contributed by atoms with van der Waals surface area (Å²) < 4.78 is 26.1. The Morgan fingerprint density at radius 3 is 2.47 bits per heavy atom. The summed E-state index contributed by atoms with van der Waals surface area (Å²) in [5, 5.41) is 8.78. The molecule has 1 aromatic carbocycles. The molecule has 0 unspecified atom stereocenters. The molecule has 0 bridgehead atoms. The molecule has 6 heteroatoms. The third kappa shape index (κ3) is 2.15. The highest BCUT2D eigenvalue weighted by molar-refractivity contribution is 9.10. The second-order valence-electron chi connectivity index (χ2n) is 3.25. The Morgan fingerprint density at radius 2 is 2.00 bits per heavy atom. The summed E-state index contributed by atoms with van der Waals surface area (Å²) in [6.45, 7) is 1.14. The number of nitrogens with two attached hydrogens (primary N) is 1. The SMILES string of the molecule is C[C@](N)(C(=O)O)c1cc(Br)c(F)cc1F. The third-order valence-corrected chi connectivity index (χ3v) is 2.62. The van der Waals surface area contributed by atoms with Crippen LogP contribution in [0.1, 0.15) is 12.5 Å². The van der Waals surface area contributed by atoms with E-state index in [0.29, 0.717) is 6.07 Å². The normalized spacial score (nSPS) is 14.7. The van der Waals surface area contributed by atoms with E-state index in [-0.39, 0.29) is 10.0 Å². The van der Waals surface area contributed by atoms with Gasteiger partial charge in [-0.25, -0.2) is 13.6 Å². The quantitative estimate of drug-likeness (QED) is 0.814. The van der Waals surface area contributed by atoms with Crippen molar-refractivity contribution in [3.63, 3.8) is 0 Å². The second kappa shape index (κ2) is 3.86. The molecule has 3 N–H and O–H groups in total. The van der Waals surface area contributed by atoms with Gasteiger partial charge in [0.1, 0.15) is 17.2 Å². The molecule has 0 radical (unpaired) electrons. The monoisotopic (exact) mass is 279 g/mol. The number of hydrogen-bond donors (Lipinski definition) is 2. The first-order valence-electron chi connectivity index (χ1n) is 3.94. The van der Waals surface area contributed by atoms with E-state index >= 15 is 0 Å². The van der Waals surface area contributed by atoms with E-state index in [1.165, 1.54) is 0 Å². The van der Waals surface area contributed by atoms with E-state index in [4.69, 9.17) is 10.8 Å². The third-order valence-electron chi connectivity index (χ3n) is 2.01. The highest BCUT2D eigenvalue weighted by Gasteiger charge is 2.33. The number of carboxylic acids is 1. The van der Waals surface area contributed by atoms with Crippen LogP contribution >= 0.6 is 15.9 Å². The minimum atomic E-state index is -1.89. The van der Waals surface area contributed by atoms with Crippen LogP contribution in [0.15, 0.2) is 16.6 Å². The maximum Gasteiger partial charge on any atom is 0.328 e. The second-order valence-corrected chi connectivity index (χ2v) is 4.11. The van der Waals surface area contributed by atoms with Crippen molar-refractivity contribution in [3.8, 4) is 0 Å². The first-order valence-corrected chi connectivity index (χ1v) is 4.73. The molecular formula is C9H8BrF2NO2. The summed E-state index contributed by atoms with van der Waals surface area (Å²) in [6, 6.07) is 1.62. The molecule has 3 nitrogen and oxygen atoms in total. The Morgan fingerprint density at radius 1 is 1.47 bits per heavy atom. The summed E-state index contributed by atoms with van der Waals surface area (Å²) in [7, 11) is 0. The first-order chi connectivity index (χ1) is 6.76. The van der Waals surface area contributed by atoms with Crippen molar-refractivity contribution in [2.24, 2.45) is 5.73 Å². The molecule has 15 heavy (non-hydrogen) atoms. The summed E-state index contributed by atoms with van der Waals surface area (Å²) in [5.74, 6) is -3.18. The van der Waals surface area contributed by atoms with Gasteiger partial charge in [0.25, 0.3) is 0 Å². The van der Waals surface area contributed by atoms with Crippen LogP contribution in [-0.2, 0) is 10.3 Å². The predicted molar refractivity (Wildman–Crippen MR) is 53.2 cm³/mol. The van der Waals surface area contributed by atoms with Crippen molar-refractivity contribution in [3.05, 3.63) is 33.8 Å². The van der Waals surface area contributed by atoms with Gasteiger partial charge in [-0.1, -0.05) is 0 Å². The fourth-order valence-electron chi connectivity index (χ4n) is 1.04. The number of carbonyl (C=O) groups is 1. The molecule has 0 saturated carbocycles. The highest BCUT2D eigenvalue weighted by atomic mass is 79.9. The lowest BCUT2D eigenvalue weighted by Crippen LogP contribution is -2.42. The fraction of sp³-hybridized carbons (Fsp3) is 0.222. The van der Waals surface area contributed by atoms with Crippen molar-refractivity contribution < 1.29 is 18.7 Å². The number of carboxylic acid groups (broad SMARTS) is 1. The molecule has 1 rings (SSSR count). The van der Waals surface area contributed by atoms with E-state index in [1.54, 1.807) is 0 Å². The van der Waals surface area contributed by atoms with Crippen molar-refractivity contribution in [2.45, 2.75) is 12.5 Å². The maximum atomic E-state index is 13.3. The van der Waals surface area contributed by atoms with Crippen LogP contribution in [-0.4, -0.2) is 11.1 Å². The highest BCUT2D eigenvalue weighted by Crippen LogP contribution is 2.27. The van der Waals surface area contributed by atoms with Crippen LogP contribution < -0.4 is 5.73 Å². The molecule has 0 aliphatic heterocycles. The number of benzene rings is 1. The topological polar surface area (TPSA) is 63.3 Å². The maximum absolute atomic E-state index is 13.3. The van der Waals surface area contributed by atoms with E-state index < -0.39 is 23.1 Å².